The van der Waals surface area contributed by atoms with E-state index in [-0.39, 0.29) is 16.8 Å². The third-order valence-corrected chi connectivity index (χ3v) is 5.34. The van der Waals surface area contributed by atoms with E-state index < -0.39 is 12.2 Å². The number of thioether (sulfide) groups is 1. The summed E-state index contributed by atoms with van der Waals surface area (Å²) < 4.78 is 30.8. The molecule has 3 rings (SSSR count). The van der Waals surface area contributed by atoms with Crippen molar-refractivity contribution in [2.24, 2.45) is 4.99 Å². The zero-order valence-corrected chi connectivity index (χ0v) is 17.2. The summed E-state index contributed by atoms with van der Waals surface area (Å²) >= 11 is 0.856. The molecule has 0 aliphatic carbocycles. The predicted octanol–water partition coefficient (Wildman–Crippen LogP) is 5.56. The van der Waals surface area contributed by atoms with E-state index in [1.54, 1.807) is 30.3 Å². The molecule has 1 amide bonds. The normalized spacial score (nSPS) is 15.6. The fourth-order valence-electron chi connectivity index (χ4n) is 2.84. The van der Waals surface area contributed by atoms with E-state index >= 15 is 0 Å². The number of ether oxygens (including phenoxy) is 1. The van der Waals surface area contributed by atoms with Crippen LogP contribution in [0, 0.1) is 0 Å². The Labute approximate surface area is 173 Å². The van der Waals surface area contributed by atoms with E-state index in [9.17, 15) is 13.6 Å². The third-order valence-electron chi connectivity index (χ3n) is 4.39. The average Bonchev–Trinajstić information content (AvgIpc) is 3.02. The zero-order valence-electron chi connectivity index (χ0n) is 16.4. The summed E-state index contributed by atoms with van der Waals surface area (Å²) in [5.41, 5.74) is 2.75. The second kappa shape index (κ2) is 9.22. The minimum atomic E-state index is -2.50. The summed E-state index contributed by atoms with van der Waals surface area (Å²) in [5, 5.41) is 0.230. The number of hydrogen-bond acceptors (Lipinski definition) is 4. The van der Waals surface area contributed by atoms with Crippen LogP contribution in [-0.4, -0.2) is 30.4 Å². The maximum atomic E-state index is 13.0. The number of alkyl halides is 2. The SMILES string of the molecule is COc1cccc(N2C(=O)/C(=C/c3ccc(C(C)C)cc3)N=C2SCC(F)F)c1. The van der Waals surface area contributed by atoms with Gasteiger partial charge in [0, 0.05) is 6.07 Å². The Morgan fingerprint density at radius 1 is 1.17 bits per heavy atom. The summed E-state index contributed by atoms with van der Waals surface area (Å²) in [5.74, 6) is 0.171. The van der Waals surface area contributed by atoms with Crippen LogP contribution in [-0.2, 0) is 4.79 Å². The van der Waals surface area contributed by atoms with Crippen LogP contribution in [0.4, 0.5) is 14.5 Å². The van der Waals surface area contributed by atoms with E-state index in [1.165, 1.54) is 17.6 Å². The number of amidine groups is 1. The fourth-order valence-corrected chi connectivity index (χ4v) is 3.60. The third kappa shape index (κ3) is 5.03. The minimum absolute atomic E-state index is 0.210. The molecule has 0 N–H and O–H groups in total. The van der Waals surface area contributed by atoms with Gasteiger partial charge in [0.1, 0.15) is 11.4 Å². The van der Waals surface area contributed by atoms with Gasteiger partial charge in [0.25, 0.3) is 5.91 Å². The van der Waals surface area contributed by atoms with Gasteiger partial charge < -0.3 is 4.74 Å². The van der Waals surface area contributed by atoms with E-state index in [0.29, 0.717) is 17.4 Å². The van der Waals surface area contributed by atoms with Crippen molar-refractivity contribution in [3.8, 4) is 5.75 Å². The topological polar surface area (TPSA) is 41.9 Å². The van der Waals surface area contributed by atoms with Crippen LogP contribution in [0.3, 0.4) is 0 Å². The highest BCUT2D eigenvalue weighted by Gasteiger charge is 2.32. The molecule has 29 heavy (non-hydrogen) atoms. The first-order chi connectivity index (χ1) is 13.9. The number of rotatable bonds is 6. The van der Waals surface area contributed by atoms with Crippen LogP contribution in [0.25, 0.3) is 6.08 Å². The zero-order chi connectivity index (χ0) is 21.0. The van der Waals surface area contributed by atoms with E-state index in [1.807, 2.05) is 24.3 Å². The number of amides is 1. The number of carbonyl (C=O) groups is 1. The molecule has 0 aromatic heterocycles. The van der Waals surface area contributed by atoms with Crippen molar-refractivity contribution in [2.75, 3.05) is 17.8 Å². The van der Waals surface area contributed by atoms with Gasteiger partial charge in [0.15, 0.2) is 5.17 Å². The number of carbonyl (C=O) groups excluding carboxylic acids is 1. The van der Waals surface area contributed by atoms with Gasteiger partial charge in [-0.15, -0.1) is 0 Å². The van der Waals surface area contributed by atoms with Crippen molar-refractivity contribution in [3.63, 3.8) is 0 Å². The number of benzene rings is 2. The first kappa shape index (κ1) is 21.0. The Balaban J connectivity index is 1.94. The van der Waals surface area contributed by atoms with Crippen LogP contribution < -0.4 is 9.64 Å². The smallest absolute Gasteiger partial charge is 0.283 e. The van der Waals surface area contributed by atoms with Gasteiger partial charge in [-0.3, -0.25) is 9.69 Å². The Bertz CT molecular complexity index is 940. The van der Waals surface area contributed by atoms with Gasteiger partial charge in [0.05, 0.1) is 18.6 Å². The maximum absolute atomic E-state index is 13.0. The quantitative estimate of drug-likeness (QED) is 0.579. The standard InChI is InChI=1S/C22H22F2N2O2S/c1-14(2)16-9-7-15(8-10-16)11-19-21(27)26(22(25-19)29-13-20(23)24)17-5-4-6-18(12-17)28-3/h4-12,14,20H,13H2,1-3H3/b19-11-. The molecular formula is C22H22F2N2O2S. The summed E-state index contributed by atoms with van der Waals surface area (Å²) in [6, 6.07) is 14.7. The summed E-state index contributed by atoms with van der Waals surface area (Å²) in [7, 11) is 1.53. The number of anilines is 1. The first-order valence-electron chi connectivity index (χ1n) is 9.19. The Kier molecular flexibility index (Phi) is 6.69. The second-order valence-corrected chi connectivity index (χ2v) is 7.78. The number of hydrogen-bond donors (Lipinski definition) is 0. The monoisotopic (exact) mass is 416 g/mol. The Morgan fingerprint density at radius 2 is 1.90 bits per heavy atom. The molecule has 0 unspecified atom stereocenters. The molecule has 0 bridgehead atoms. The highest BCUT2D eigenvalue weighted by atomic mass is 32.2. The molecule has 0 radical (unpaired) electrons. The van der Waals surface area contributed by atoms with E-state index in [4.69, 9.17) is 4.74 Å². The second-order valence-electron chi connectivity index (χ2n) is 6.79. The summed E-state index contributed by atoms with van der Waals surface area (Å²) in [6.07, 6.45) is -0.822. The van der Waals surface area contributed by atoms with Crippen LogP contribution in [0.5, 0.6) is 5.75 Å². The number of halogens is 2. The van der Waals surface area contributed by atoms with Gasteiger partial charge in [0.2, 0.25) is 6.43 Å². The molecule has 0 atom stereocenters. The van der Waals surface area contributed by atoms with Gasteiger partial charge in [-0.2, -0.15) is 0 Å². The minimum Gasteiger partial charge on any atom is -0.497 e. The molecule has 4 nitrogen and oxygen atoms in total. The number of nitrogens with zero attached hydrogens (tertiary/aromatic N) is 2. The highest BCUT2D eigenvalue weighted by molar-refractivity contribution is 8.14. The molecule has 7 heteroatoms. The molecule has 0 fully saturated rings. The van der Waals surface area contributed by atoms with Crippen molar-refractivity contribution in [3.05, 3.63) is 65.4 Å². The lowest BCUT2D eigenvalue weighted by Gasteiger charge is -2.18. The molecule has 152 valence electrons. The maximum Gasteiger partial charge on any atom is 0.283 e. The van der Waals surface area contributed by atoms with Gasteiger partial charge in [-0.1, -0.05) is 55.9 Å². The molecule has 0 saturated carbocycles. The van der Waals surface area contributed by atoms with Crippen molar-refractivity contribution in [2.45, 2.75) is 26.2 Å². The van der Waals surface area contributed by atoms with E-state index in [0.717, 1.165) is 17.3 Å². The van der Waals surface area contributed by atoms with E-state index in [2.05, 4.69) is 18.8 Å². The van der Waals surface area contributed by atoms with Crippen molar-refractivity contribution >= 4 is 34.6 Å². The largest absolute Gasteiger partial charge is 0.497 e. The van der Waals surface area contributed by atoms with Gasteiger partial charge in [-0.25, -0.2) is 13.8 Å². The summed E-state index contributed by atoms with van der Waals surface area (Å²) in [4.78, 5) is 18.7. The Hall–Kier alpha value is -2.67. The van der Waals surface area contributed by atoms with Crippen LogP contribution in [0.1, 0.15) is 30.9 Å². The van der Waals surface area contributed by atoms with Crippen molar-refractivity contribution in [1.29, 1.82) is 0 Å². The Morgan fingerprint density at radius 3 is 2.52 bits per heavy atom. The van der Waals surface area contributed by atoms with Crippen molar-refractivity contribution in [1.82, 2.24) is 0 Å². The molecule has 2 aromatic carbocycles. The molecule has 1 aliphatic heterocycles. The number of methoxy groups -OCH3 is 1. The molecule has 0 saturated heterocycles. The lowest BCUT2D eigenvalue weighted by molar-refractivity contribution is -0.113. The highest BCUT2D eigenvalue weighted by Crippen LogP contribution is 2.32. The molecular weight excluding hydrogens is 394 g/mol. The molecule has 0 spiro atoms. The van der Waals surface area contributed by atoms with Crippen LogP contribution >= 0.6 is 11.8 Å². The molecule has 1 aliphatic rings. The molecule has 2 aromatic rings. The number of aliphatic imine (C=N–C) groups is 1. The molecule has 1 heterocycles. The van der Waals surface area contributed by atoms with Gasteiger partial charge in [-0.05, 0) is 35.3 Å². The lowest BCUT2D eigenvalue weighted by Crippen LogP contribution is -2.30. The fraction of sp³-hybridized carbons (Fsp3) is 0.273. The van der Waals surface area contributed by atoms with Crippen LogP contribution in [0.15, 0.2) is 59.2 Å². The predicted molar refractivity (Wildman–Crippen MR) is 115 cm³/mol. The van der Waals surface area contributed by atoms with Crippen molar-refractivity contribution < 1.29 is 18.3 Å². The lowest BCUT2D eigenvalue weighted by atomic mass is 10.0. The average molecular weight is 416 g/mol. The summed E-state index contributed by atoms with van der Waals surface area (Å²) in [6.45, 7) is 4.22. The van der Waals surface area contributed by atoms with Crippen LogP contribution in [0.2, 0.25) is 0 Å². The first-order valence-corrected chi connectivity index (χ1v) is 10.2. The van der Waals surface area contributed by atoms with Gasteiger partial charge >= 0.3 is 0 Å².